The van der Waals surface area contributed by atoms with Crippen molar-refractivity contribution in [3.63, 3.8) is 0 Å². The van der Waals surface area contributed by atoms with Gasteiger partial charge in [-0.05, 0) is 37.3 Å². The van der Waals surface area contributed by atoms with Gasteiger partial charge in [-0.25, -0.2) is 8.42 Å². The third kappa shape index (κ3) is 5.77. The minimum Gasteiger partial charge on any atom is -0.301 e. The lowest BCUT2D eigenvalue weighted by Crippen LogP contribution is -2.12. The van der Waals surface area contributed by atoms with Crippen LogP contribution in [0.15, 0.2) is 65.2 Å². The summed E-state index contributed by atoms with van der Waals surface area (Å²) in [7, 11) is -3.61. The van der Waals surface area contributed by atoms with Gasteiger partial charge in [-0.1, -0.05) is 58.7 Å². The molecule has 0 spiro atoms. The quantitative estimate of drug-likeness (QED) is 0.235. The molecule has 6 nitrogen and oxygen atoms in total. The van der Waals surface area contributed by atoms with Crippen LogP contribution in [0.3, 0.4) is 0 Å². The first-order valence-corrected chi connectivity index (χ1v) is 12.5. The van der Waals surface area contributed by atoms with Crippen LogP contribution in [-0.2, 0) is 22.1 Å². The molecule has 2 aromatic carbocycles. The number of nitrogens with zero attached hydrogens (tertiary/aromatic N) is 3. The molecule has 0 fully saturated rings. The van der Waals surface area contributed by atoms with Gasteiger partial charge in [0.1, 0.15) is 11.6 Å². The van der Waals surface area contributed by atoms with Gasteiger partial charge in [0.15, 0.2) is 20.8 Å². The third-order valence-electron chi connectivity index (χ3n) is 4.37. The first-order chi connectivity index (χ1) is 14.7. The highest BCUT2D eigenvalue weighted by atomic mass is 35.5. The number of ketones is 1. The molecular weight excluding hydrogens is 477 g/mol. The number of aryl methyl sites for hydroxylation is 1. The molecule has 0 unspecified atom stereocenters. The third-order valence-corrected chi connectivity index (χ3v) is 7.51. The average molecular weight is 496 g/mol. The lowest BCUT2D eigenvalue weighted by molar-refractivity contribution is 0.102. The highest BCUT2D eigenvalue weighted by Crippen LogP contribution is 2.25. The van der Waals surface area contributed by atoms with Crippen molar-refractivity contribution in [1.29, 1.82) is 0 Å². The van der Waals surface area contributed by atoms with E-state index in [1.807, 2.05) is 6.92 Å². The summed E-state index contributed by atoms with van der Waals surface area (Å²) in [6.07, 6.45) is 1.62. The maximum absolute atomic E-state index is 12.8. The molecule has 1 heterocycles. The predicted octanol–water partition coefficient (Wildman–Crippen LogP) is 5.03. The highest BCUT2D eigenvalue weighted by molar-refractivity contribution is 7.99. The van der Waals surface area contributed by atoms with Crippen molar-refractivity contribution in [3.8, 4) is 0 Å². The largest absolute Gasteiger partial charge is 0.301 e. The lowest BCUT2D eigenvalue weighted by Gasteiger charge is -2.09. The van der Waals surface area contributed by atoms with Crippen LogP contribution in [0.4, 0.5) is 0 Å². The Morgan fingerprint density at radius 1 is 1.16 bits per heavy atom. The van der Waals surface area contributed by atoms with Gasteiger partial charge in [0.25, 0.3) is 0 Å². The molecular formula is C21H19Cl2N3O3S2. The van der Waals surface area contributed by atoms with Crippen molar-refractivity contribution < 1.29 is 13.2 Å². The van der Waals surface area contributed by atoms with Crippen LogP contribution in [0.1, 0.15) is 21.7 Å². The highest BCUT2D eigenvalue weighted by Gasteiger charge is 2.22. The summed E-state index contributed by atoms with van der Waals surface area (Å²) < 4.78 is 27.2. The summed E-state index contributed by atoms with van der Waals surface area (Å²) in [6.45, 7) is 5.91. The van der Waals surface area contributed by atoms with Crippen LogP contribution in [-0.4, -0.2) is 34.7 Å². The number of hydrogen-bond donors (Lipinski definition) is 0. The van der Waals surface area contributed by atoms with Crippen LogP contribution in [0.2, 0.25) is 10.0 Å². The topological polar surface area (TPSA) is 81.9 Å². The number of thioether (sulfide) groups is 1. The number of aromatic nitrogens is 3. The van der Waals surface area contributed by atoms with Crippen molar-refractivity contribution in [2.24, 2.45) is 0 Å². The summed E-state index contributed by atoms with van der Waals surface area (Å²) in [5.41, 5.74) is 1.33. The zero-order chi connectivity index (χ0) is 22.6. The molecule has 1 aromatic heterocycles. The number of hydrogen-bond acceptors (Lipinski definition) is 6. The number of carbonyl (C=O) groups excluding carboxylic acids is 1. The van der Waals surface area contributed by atoms with E-state index >= 15 is 0 Å². The Labute approximate surface area is 195 Å². The smallest absolute Gasteiger partial charge is 0.191 e. The molecule has 0 aliphatic carbocycles. The maximum Gasteiger partial charge on any atom is 0.191 e. The van der Waals surface area contributed by atoms with Crippen LogP contribution >= 0.6 is 35.0 Å². The molecule has 10 heteroatoms. The van der Waals surface area contributed by atoms with Crippen molar-refractivity contribution >= 4 is 50.6 Å². The van der Waals surface area contributed by atoms with Crippen molar-refractivity contribution in [2.45, 2.75) is 29.3 Å². The first-order valence-electron chi connectivity index (χ1n) is 9.14. The number of rotatable bonds is 9. The van der Waals surface area contributed by atoms with Crippen molar-refractivity contribution in [2.75, 3.05) is 5.75 Å². The molecule has 0 amide bonds. The number of carbonyl (C=O) groups is 1. The molecule has 0 radical (unpaired) electrons. The minimum absolute atomic E-state index is 0.0569. The lowest BCUT2D eigenvalue weighted by atomic mass is 10.1. The SMILES string of the molecule is C=CCn1c(CS(=O)(=O)c2ccc(C)cc2)nnc1SCC(=O)c1ccc(Cl)cc1Cl. The average Bonchev–Trinajstić information content (AvgIpc) is 3.07. The van der Waals surface area contributed by atoms with E-state index in [2.05, 4.69) is 16.8 Å². The van der Waals surface area contributed by atoms with Crippen LogP contribution < -0.4 is 0 Å². The van der Waals surface area contributed by atoms with E-state index in [1.54, 1.807) is 47.0 Å². The monoisotopic (exact) mass is 495 g/mol. The molecule has 0 N–H and O–H groups in total. The fraction of sp³-hybridized carbons (Fsp3) is 0.190. The standard InChI is InChI=1S/C21H19Cl2N3O3S2/c1-3-10-26-20(13-31(28,29)16-7-4-14(2)5-8-16)24-25-21(26)30-12-19(27)17-9-6-15(22)11-18(17)23/h3-9,11H,1,10,12-13H2,2H3. The number of benzene rings is 2. The van der Waals surface area contributed by atoms with E-state index in [4.69, 9.17) is 23.2 Å². The van der Waals surface area contributed by atoms with E-state index in [-0.39, 0.29) is 33.0 Å². The summed E-state index contributed by atoms with van der Waals surface area (Å²) in [5.74, 6) is -0.177. The number of Topliss-reactive ketones (excluding diaryl/α,β-unsaturated/α-hetero) is 1. The Morgan fingerprint density at radius 2 is 1.87 bits per heavy atom. The van der Waals surface area contributed by atoms with E-state index in [0.717, 1.165) is 17.3 Å². The Kier molecular flexibility index (Phi) is 7.59. The minimum atomic E-state index is -3.61. The van der Waals surface area contributed by atoms with Gasteiger partial charge in [-0.2, -0.15) is 0 Å². The van der Waals surface area contributed by atoms with Gasteiger partial charge in [0, 0.05) is 17.1 Å². The Hall–Kier alpha value is -2.13. The van der Waals surface area contributed by atoms with Crippen molar-refractivity contribution in [3.05, 3.63) is 82.1 Å². The van der Waals surface area contributed by atoms with Gasteiger partial charge in [-0.15, -0.1) is 16.8 Å². The second-order valence-electron chi connectivity index (χ2n) is 6.71. The van der Waals surface area contributed by atoms with Crippen LogP contribution in [0.5, 0.6) is 0 Å². The van der Waals surface area contributed by atoms with E-state index in [1.165, 1.54) is 6.07 Å². The maximum atomic E-state index is 12.8. The Balaban J connectivity index is 1.79. The Bertz CT molecular complexity index is 1220. The van der Waals surface area contributed by atoms with E-state index < -0.39 is 9.84 Å². The molecule has 0 saturated carbocycles. The summed E-state index contributed by atoms with van der Waals surface area (Å²) in [4.78, 5) is 12.8. The van der Waals surface area contributed by atoms with E-state index in [0.29, 0.717) is 22.3 Å². The molecule has 0 saturated heterocycles. The van der Waals surface area contributed by atoms with E-state index in [9.17, 15) is 13.2 Å². The Morgan fingerprint density at radius 3 is 2.52 bits per heavy atom. The molecule has 0 aliphatic heterocycles. The van der Waals surface area contributed by atoms with Gasteiger partial charge < -0.3 is 4.57 Å². The fourth-order valence-electron chi connectivity index (χ4n) is 2.77. The second kappa shape index (κ2) is 9.99. The first kappa shape index (κ1) is 23.5. The zero-order valence-electron chi connectivity index (χ0n) is 16.6. The number of sulfone groups is 1. The van der Waals surface area contributed by atoms with Crippen LogP contribution in [0.25, 0.3) is 0 Å². The molecule has 31 heavy (non-hydrogen) atoms. The molecule has 3 rings (SSSR count). The summed E-state index contributed by atoms with van der Waals surface area (Å²) in [5, 5.41) is 9.28. The van der Waals surface area contributed by atoms with Gasteiger partial charge >= 0.3 is 0 Å². The second-order valence-corrected chi connectivity index (χ2v) is 10.5. The summed E-state index contributed by atoms with van der Waals surface area (Å²) in [6, 6.07) is 11.3. The van der Waals surface area contributed by atoms with Gasteiger partial charge in [0.05, 0.1) is 15.7 Å². The molecule has 3 aromatic rings. The van der Waals surface area contributed by atoms with Crippen molar-refractivity contribution in [1.82, 2.24) is 14.8 Å². The molecule has 0 bridgehead atoms. The van der Waals surface area contributed by atoms with Crippen LogP contribution in [0, 0.1) is 6.92 Å². The normalized spacial score (nSPS) is 11.5. The van der Waals surface area contributed by atoms with Gasteiger partial charge in [0.2, 0.25) is 0 Å². The fourth-order valence-corrected chi connectivity index (χ4v) is 5.40. The van der Waals surface area contributed by atoms with Gasteiger partial charge in [-0.3, -0.25) is 4.79 Å². The molecule has 0 atom stereocenters. The molecule has 0 aliphatic rings. The number of allylic oxidation sites excluding steroid dienone is 1. The summed E-state index contributed by atoms with van der Waals surface area (Å²) >= 11 is 13.1. The predicted molar refractivity (Wildman–Crippen MR) is 124 cm³/mol. The number of halogens is 2. The molecule has 162 valence electrons. The zero-order valence-corrected chi connectivity index (χ0v) is 19.7.